The van der Waals surface area contributed by atoms with E-state index >= 15 is 0 Å². The van der Waals surface area contributed by atoms with Gasteiger partial charge in [0.05, 0.1) is 6.26 Å². The maximum Gasteiger partial charge on any atom is 0.126 e. The van der Waals surface area contributed by atoms with Crippen LogP contribution < -0.4 is 0 Å². The molecule has 1 aromatic heterocycles. The molecule has 1 rings (SSSR count). The Kier molecular flexibility index (Phi) is 2.66. The summed E-state index contributed by atoms with van der Waals surface area (Å²) in [6.07, 6.45) is 4.82. The molecule has 0 unspecified atom stereocenters. The number of allylic oxidation sites excluding steroid dienone is 1. The van der Waals surface area contributed by atoms with Gasteiger partial charge in [0.1, 0.15) is 12.0 Å². The molecule has 0 aliphatic carbocycles. The quantitative estimate of drug-likeness (QED) is 0.619. The van der Waals surface area contributed by atoms with E-state index in [1.54, 1.807) is 6.26 Å². The van der Waals surface area contributed by atoms with E-state index in [9.17, 15) is 4.79 Å². The highest BCUT2D eigenvalue weighted by Gasteiger charge is 1.91. The molecule has 0 spiro atoms. The van der Waals surface area contributed by atoms with Gasteiger partial charge in [-0.1, -0.05) is 5.57 Å². The smallest absolute Gasteiger partial charge is 0.126 e. The van der Waals surface area contributed by atoms with Gasteiger partial charge in [-0.2, -0.15) is 0 Å². The first-order chi connectivity index (χ1) is 5.33. The average molecular weight is 150 g/mol. The highest BCUT2D eigenvalue weighted by molar-refractivity contribution is 5.59. The Morgan fingerprint density at radius 1 is 1.73 bits per heavy atom. The number of hydrogen-bond acceptors (Lipinski definition) is 2. The van der Waals surface area contributed by atoms with Gasteiger partial charge in [0.15, 0.2) is 0 Å². The fourth-order valence-electron chi connectivity index (χ4n) is 0.807. The van der Waals surface area contributed by atoms with Crippen molar-refractivity contribution in [3.05, 3.63) is 29.7 Å². The molecular weight excluding hydrogens is 140 g/mol. The van der Waals surface area contributed by atoms with Gasteiger partial charge in [0.2, 0.25) is 0 Å². The van der Waals surface area contributed by atoms with E-state index < -0.39 is 0 Å². The second-order valence-corrected chi connectivity index (χ2v) is 2.38. The zero-order valence-corrected chi connectivity index (χ0v) is 6.41. The molecule has 0 fully saturated rings. The molecule has 1 heterocycles. The highest BCUT2D eigenvalue weighted by Crippen LogP contribution is 2.08. The van der Waals surface area contributed by atoms with Crippen LogP contribution in [-0.2, 0) is 4.79 Å². The van der Waals surface area contributed by atoms with Crippen LogP contribution in [0.1, 0.15) is 19.1 Å². The van der Waals surface area contributed by atoms with Crippen molar-refractivity contribution in [1.82, 2.24) is 0 Å². The zero-order valence-electron chi connectivity index (χ0n) is 6.41. The summed E-state index contributed by atoms with van der Waals surface area (Å²) in [4.78, 5) is 10.1. The fourth-order valence-corrected chi connectivity index (χ4v) is 0.807. The SMILES string of the molecule is CC(=Cc1ccco1)CC=O. The van der Waals surface area contributed by atoms with Crippen LogP contribution in [0.5, 0.6) is 0 Å². The standard InChI is InChI=1S/C9H10O2/c1-8(4-5-10)7-9-3-2-6-11-9/h2-3,5-7H,4H2,1H3. The summed E-state index contributed by atoms with van der Waals surface area (Å²) in [5.41, 5.74) is 1.01. The lowest BCUT2D eigenvalue weighted by Gasteiger charge is -1.89. The first-order valence-corrected chi connectivity index (χ1v) is 3.47. The summed E-state index contributed by atoms with van der Waals surface area (Å²) in [5, 5.41) is 0. The summed E-state index contributed by atoms with van der Waals surface area (Å²) in [6, 6.07) is 3.67. The maximum absolute atomic E-state index is 10.1. The van der Waals surface area contributed by atoms with E-state index in [2.05, 4.69) is 0 Å². The Bertz CT molecular complexity index is 245. The van der Waals surface area contributed by atoms with Gasteiger partial charge in [-0.05, 0) is 25.1 Å². The molecule has 11 heavy (non-hydrogen) atoms. The Morgan fingerprint density at radius 3 is 3.09 bits per heavy atom. The molecule has 0 saturated carbocycles. The second-order valence-electron chi connectivity index (χ2n) is 2.38. The normalized spacial score (nSPS) is 11.5. The Hall–Kier alpha value is -1.31. The third-order valence-electron chi connectivity index (χ3n) is 1.34. The van der Waals surface area contributed by atoms with E-state index in [4.69, 9.17) is 4.42 Å². The molecule has 2 nitrogen and oxygen atoms in total. The van der Waals surface area contributed by atoms with E-state index in [1.807, 2.05) is 25.1 Å². The lowest BCUT2D eigenvalue weighted by Crippen LogP contribution is -1.76. The molecule has 0 aliphatic rings. The van der Waals surface area contributed by atoms with Crippen molar-refractivity contribution in [2.24, 2.45) is 0 Å². The van der Waals surface area contributed by atoms with Crippen molar-refractivity contribution >= 4 is 12.4 Å². The minimum absolute atomic E-state index is 0.473. The monoisotopic (exact) mass is 150 g/mol. The van der Waals surface area contributed by atoms with Crippen molar-refractivity contribution in [2.45, 2.75) is 13.3 Å². The fraction of sp³-hybridized carbons (Fsp3) is 0.222. The zero-order chi connectivity index (χ0) is 8.10. The molecule has 0 aromatic carbocycles. The van der Waals surface area contributed by atoms with E-state index in [0.29, 0.717) is 6.42 Å². The van der Waals surface area contributed by atoms with Crippen LogP contribution in [0.4, 0.5) is 0 Å². The highest BCUT2D eigenvalue weighted by atomic mass is 16.3. The van der Waals surface area contributed by atoms with Crippen molar-refractivity contribution < 1.29 is 9.21 Å². The number of rotatable bonds is 3. The van der Waals surface area contributed by atoms with Crippen molar-refractivity contribution in [1.29, 1.82) is 0 Å². The van der Waals surface area contributed by atoms with Crippen LogP contribution >= 0.6 is 0 Å². The Balaban J connectivity index is 2.65. The summed E-state index contributed by atoms with van der Waals surface area (Å²) in [5.74, 6) is 0.796. The summed E-state index contributed by atoms with van der Waals surface area (Å²) in [7, 11) is 0. The molecule has 0 amide bonds. The van der Waals surface area contributed by atoms with Crippen LogP contribution in [0.2, 0.25) is 0 Å². The number of hydrogen-bond donors (Lipinski definition) is 0. The summed E-state index contributed by atoms with van der Waals surface area (Å²) in [6.45, 7) is 1.90. The predicted octanol–water partition coefficient (Wildman–Crippen LogP) is 2.27. The first-order valence-electron chi connectivity index (χ1n) is 3.47. The van der Waals surface area contributed by atoms with Crippen LogP contribution in [-0.4, -0.2) is 6.29 Å². The van der Waals surface area contributed by atoms with Gasteiger partial charge in [-0.15, -0.1) is 0 Å². The minimum Gasteiger partial charge on any atom is -0.465 e. The van der Waals surface area contributed by atoms with Gasteiger partial charge in [0, 0.05) is 6.42 Å². The van der Waals surface area contributed by atoms with Crippen LogP contribution in [0.25, 0.3) is 6.08 Å². The van der Waals surface area contributed by atoms with Gasteiger partial charge >= 0.3 is 0 Å². The van der Waals surface area contributed by atoms with Gasteiger partial charge < -0.3 is 9.21 Å². The molecule has 0 N–H and O–H groups in total. The van der Waals surface area contributed by atoms with Crippen LogP contribution in [0.3, 0.4) is 0 Å². The van der Waals surface area contributed by atoms with E-state index in [1.165, 1.54) is 0 Å². The van der Waals surface area contributed by atoms with E-state index in [0.717, 1.165) is 17.6 Å². The Morgan fingerprint density at radius 2 is 2.55 bits per heavy atom. The predicted molar refractivity (Wildman–Crippen MR) is 43.0 cm³/mol. The Labute approximate surface area is 65.5 Å². The number of furan rings is 1. The van der Waals surface area contributed by atoms with Crippen molar-refractivity contribution in [3.63, 3.8) is 0 Å². The van der Waals surface area contributed by atoms with Gasteiger partial charge in [0.25, 0.3) is 0 Å². The molecule has 0 radical (unpaired) electrons. The van der Waals surface area contributed by atoms with E-state index in [-0.39, 0.29) is 0 Å². The first kappa shape index (κ1) is 7.79. The number of carbonyl (C=O) groups is 1. The molecular formula is C9H10O2. The molecule has 1 aromatic rings. The largest absolute Gasteiger partial charge is 0.465 e. The topological polar surface area (TPSA) is 30.2 Å². The molecule has 0 saturated heterocycles. The minimum atomic E-state index is 0.473. The third-order valence-corrected chi connectivity index (χ3v) is 1.34. The van der Waals surface area contributed by atoms with Crippen molar-refractivity contribution in [3.8, 4) is 0 Å². The second kappa shape index (κ2) is 3.76. The molecule has 0 aliphatic heterocycles. The van der Waals surface area contributed by atoms with Gasteiger partial charge in [-0.25, -0.2) is 0 Å². The lowest BCUT2D eigenvalue weighted by atomic mass is 10.2. The van der Waals surface area contributed by atoms with Crippen LogP contribution in [0, 0.1) is 0 Å². The molecule has 0 bridgehead atoms. The van der Waals surface area contributed by atoms with Crippen molar-refractivity contribution in [2.75, 3.05) is 0 Å². The molecule has 2 heteroatoms. The maximum atomic E-state index is 10.1. The number of aldehydes is 1. The lowest BCUT2D eigenvalue weighted by molar-refractivity contribution is -0.107. The van der Waals surface area contributed by atoms with Crippen LogP contribution in [0.15, 0.2) is 28.4 Å². The number of carbonyl (C=O) groups excluding carboxylic acids is 1. The molecule has 0 atom stereocenters. The van der Waals surface area contributed by atoms with Gasteiger partial charge in [-0.3, -0.25) is 0 Å². The molecule has 58 valence electrons. The summed E-state index contributed by atoms with van der Waals surface area (Å²) >= 11 is 0. The third kappa shape index (κ3) is 2.42. The average Bonchev–Trinajstić information content (AvgIpc) is 2.40. The summed E-state index contributed by atoms with van der Waals surface area (Å²) < 4.78 is 5.06.